The van der Waals surface area contributed by atoms with Crippen molar-refractivity contribution in [3.8, 4) is 0 Å². The van der Waals surface area contributed by atoms with Gasteiger partial charge in [-0.25, -0.2) is 4.98 Å². The molecule has 14 heavy (non-hydrogen) atoms. The average molecular weight is 210 g/mol. The van der Waals surface area contributed by atoms with E-state index in [2.05, 4.69) is 24.9 Å². The van der Waals surface area contributed by atoms with Crippen molar-refractivity contribution in [1.29, 1.82) is 0 Å². The van der Waals surface area contributed by atoms with E-state index >= 15 is 0 Å². The number of hydrogen-bond acceptors (Lipinski definition) is 3. The second-order valence-corrected chi connectivity index (χ2v) is 4.74. The van der Waals surface area contributed by atoms with E-state index in [1.54, 1.807) is 6.20 Å². The first kappa shape index (κ1) is 11.4. The molecule has 0 fully saturated rings. The van der Waals surface area contributed by atoms with Crippen LogP contribution in [0.25, 0.3) is 0 Å². The van der Waals surface area contributed by atoms with Crippen LogP contribution >= 0.6 is 11.8 Å². The summed E-state index contributed by atoms with van der Waals surface area (Å²) >= 11 is 1.81. The topological polar surface area (TPSA) is 38.9 Å². The second kappa shape index (κ2) is 5.25. The largest absolute Gasteiger partial charge is 0.397 e. The van der Waals surface area contributed by atoms with Crippen LogP contribution in [0.3, 0.4) is 0 Å². The van der Waals surface area contributed by atoms with Gasteiger partial charge in [0.1, 0.15) is 0 Å². The minimum absolute atomic E-state index is 0.750. The van der Waals surface area contributed by atoms with Crippen LogP contribution in [0.4, 0.5) is 5.69 Å². The highest BCUT2D eigenvalue weighted by Crippen LogP contribution is 2.22. The van der Waals surface area contributed by atoms with E-state index in [4.69, 9.17) is 5.73 Å². The molecular formula is C11H18N2S. The molecule has 3 heteroatoms. The lowest BCUT2D eigenvalue weighted by molar-refractivity contribution is 0.636. The molecule has 2 N–H and O–H groups in total. The highest BCUT2D eigenvalue weighted by molar-refractivity contribution is 7.99. The number of aromatic nitrogens is 1. The fourth-order valence-electron chi connectivity index (χ4n) is 0.965. The third-order valence-corrected chi connectivity index (χ3v) is 3.59. The van der Waals surface area contributed by atoms with E-state index in [-0.39, 0.29) is 0 Å². The molecule has 1 aromatic rings. The number of nitrogens with zero attached hydrogens (tertiary/aromatic N) is 1. The van der Waals surface area contributed by atoms with Crippen LogP contribution in [0.15, 0.2) is 17.3 Å². The molecule has 0 radical (unpaired) electrons. The molecular weight excluding hydrogens is 192 g/mol. The van der Waals surface area contributed by atoms with Gasteiger partial charge < -0.3 is 5.73 Å². The standard InChI is InChI=1S/C11H18N2S/c1-4-8(2)7-14-11-5-9(3)10(12)6-13-11/h5-6,8H,4,7,12H2,1-3H3. The summed E-state index contributed by atoms with van der Waals surface area (Å²) < 4.78 is 0. The van der Waals surface area contributed by atoms with Gasteiger partial charge in [-0.2, -0.15) is 0 Å². The van der Waals surface area contributed by atoms with Crippen molar-refractivity contribution in [2.45, 2.75) is 32.2 Å². The predicted molar refractivity (Wildman–Crippen MR) is 63.6 cm³/mol. The number of pyridine rings is 1. The predicted octanol–water partition coefficient (Wildman–Crippen LogP) is 3.11. The van der Waals surface area contributed by atoms with Gasteiger partial charge in [-0.3, -0.25) is 0 Å². The van der Waals surface area contributed by atoms with Gasteiger partial charge in [0.2, 0.25) is 0 Å². The molecule has 0 saturated heterocycles. The van der Waals surface area contributed by atoms with Crippen molar-refractivity contribution in [1.82, 2.24) is 4.98 Å². The number of hydrogen-bond donors (Lipinski definition) is 1. The van der Waals surface area contributed by atoms with Gasteiger partial charge in [0.15, 0.2) is 0 Å². The summed E-state index contributed by atoms with van der Waals surface area (Å²) in [5, 5.41) is 1.08. The third kappa shape index (κ3) is 3.22. The molecule has 1 unspecified atom stereocenters. The van der Waals surface area contributed by atoms with Gasteiger partial charge >= 0.3 is 0 Å². The molecule has 0 aromatic carbocycles. The SMILES string of the molecule is CCC(C)CSc1cc(C)c(N)cn1. The fraction of sp³-hybridized carbons (Fsp3) is 0.545. The number of nitrogens with two attached hydrogens (primary N) is 1. The van der Waals surface area contributed by atoms with Crippen LogP contribution in [0.5, 0.6) is 0 Å². The quantitative estimate of drug-likeness (QED) is 0.776. The second-order valence-electron chi connectivity index (χ2n) is 3.70. The van der Waals surface area contributed by atoms with Gasteiger partial charge in [0, 0.05) is 5.75 Å². The first-order valence-corrected chi connectivity index (χ1v) is 5.97. The lowest BCUT2D eigenvalue weighted by Crippen LogP contribution is -1.97. The van der Waals surface area contributed by atoms with Crippen molar-refractivity contribution in [2.24, 2.45) is 5.92 Å². The summed E-state index contributed by atoms with van der Waals surface area (Å²) in [5.74, 6) is 1.88. The molecule has 0 bridgehead atoms. The average Bonchev–Trinajstić information content (AvgIpc) is 2.19. The fourth-order valence-corrected chi connectivity index (χ4v) is 2.04. The van der Waals surface area contributed by atoms with E-state index in [0.29, 0.717) is 0 Å². The van der Waals surface area contributed by atoms with Crippen LogP contribution < -0.4 is 5.73 Å². The lowest BCUT2D eigenvalue weighted by Gasteiger charge is -2.08. The van der Waals surface area contributed by atoms with E-state index in [1.807, 2.05) is 18.7 Å². The van der Waals surface area contributed by atoms with Crippen molar-refractivity contribution in [3.63, 3.8) is 0 Å². The van der Waals surface area contributed by atoms with Crippen molar-refractivity contribution < 1.29 is 0 Å². The van der Waals surface area contributed by atoms with Gasteiger partial charge in [-0.1, -0.05) is 20.3 Å². The van der Waals surface area contributed by atoms with Gasteiger partial charge in [0.25, 0.3) is 0 Å². The Hall–Kier alpha value is -0.700. The molecule has 0 aliphatic carbocycles. The summed E-state index contributed by atoms with van der Waals surface area (Å²) in [7, 11) is 0. The molecule has 2 nitrogen and oxygen atoms in total. The number of rotatable bonds is 4. The first-order chi connectivity index (χ1) is 6.63. The van der Waals surface area contributed by atoms with Crippen LogP contribution in [0.1, 0.15) is 25.8 Å². The van der Waals surface area contributed by atoms with Crippen LogP contribution in [-0.2, 0) is 0 Å². The molecule has 0 saturated carbocycles. The Morgan fingerprint density at radius 3 is 2.86 bits per heavy atom. The van der Waals surface area contributed by atoms with Crippen LogP contribution in [-0.4, -0.2) is 10.7 Å². The highest BCUT2D eigenvalue weighted by Gasteiger charge is 2.02. The van der Waals surface area contributed by atoms with E-state index in [9.17, 15) is 0 Å². The molecule has 0 spiro atoms. The molecule has 0 amide bonds. The molecule has 1 aromatic heterocycles. The third-order valence-electron chi connectivity index (χ3n) is 2.34. The Balaban J connectivity index is 2.55. The smallest absolute Gasteiger partial charge is 0.0964 e. The minimum Gasteiger partial charge on any atom is -0.397 e. The minimum atomic E-state index is 0.750. The lowest BCUT2D eigenvalue weighted by atomic mass is 10.2. The van der Waals surface area contributed by atoms with Crippen LogP contribution in [0, 0.1) is 12.8 Å². The monoisotopic (exact) mass is 210 g/mol. The van der Waals surface area contributed by atoms with Crippen molar-refractivity contribution >= 4 is 17.4 Å². The van der Waals surface area contributed by atoms with Crippen molar-refractivity contribution in [2.75, 3.05) is 11.5 Å². The zero-order valence-corrected chi connectivity index (χ0v) is 9.90. The zero-order valence-electron chi connectivity index (χ0n) is 9.08. The summed E-state index contributed by atoms with van der Waals surface area (Å²) in [6.07, 6.45) is 2.97. The summed E-state index contributed by atoms with van der Waals surface area (Å²) in [6, 6.07) is 2.06. The van der Waals surface area contributed by atoms with E-state index in [1.165, 1.54) is 6.42 Å². The Labute approximate surface area is 90.3 Å². The first-order valence-electron chi connectivity index (χ1n) is 4.98. The van der Waals surface area contributed by atoms with Gasteiger partial charge in [0.05, 0.1) is 16.9 Å². The highest BCUT2D eigenvalue weighted by atomic mass is 32.2. The van der Waals surface area contributed by atoms with E-state index in [0.717, 1.165) is 27.9 Å². The Kier molecular flexibility index (Phi) is 4.26. The molecule has 1 rings (SSSR count). The molecule has 78 valence electrons. The Morgan fingerprint density at radius 2 is 2.29 bits per heavy atom. The number of thioether (sulfide) groups is 1. The summed E-state index contributed by atoms with van der Waals surface area (Å²) in [4.78, 5) is 4.28. The van der Waals surface area contributed by atoms with Gasteiger partial charge in [-0.05, 0) is 24.5 Å². The molecule has 0 aliphatic heterocycles. The molecule has 1 atom stereocenters. The summed E-state index contributed by atoms with van der Waals surface area (Å²) in [5.41, 5.74) is 7.59. The maximum absolute atomic E-state index is 5.70. The normalized spacial score (nSPS) is 12.8. The maximum atomic E-state index is 5.70. The van der Waals surface area contributed by atoms with Crippen molar-refractivity contribution in [3.05, 3.63) is 17.8 Å². The van der Waals surface area contributed by atoms with E-state index < -0.39 is 0 Å². The van der Waals surface area contributed by atoms with Gasteiger partial charge in [-0.15, -0.1) is 11.8 Å². The maximum Gasteiger partial charge on any atom is 0.0964 e. The molecule has 0 aliphatic rings. The zero-order chi connectivity index (χ0) is 10.6. The number of nitrogen functional groups attached to an aromatic ring is 1. The number of anilines is 1. The molecule has 1 heterocycles. The number of aryl methyl sites for hydroxylation is 1. The Morgan fingerprint density at radius 1 is 1.57 bits per heavy atom. The van der Waals surface area contributed by atoms with Crippen LogP contribution in [0.2, 0.25) is 0 Å². The summed E-state index contributed by atoms with van der Waals surface area (Å²) in [6.45, 7) is 6.49. The Bertz CT molecular complexity index is 299.